The Kier molecular flexibility index (Phi) is 6.92. The summed E-state index contributed by atoms with van der Waals surface area (Å²) in [7, 11) is 1.26. The fourth-order valence-corrected chi connectivity index (χ4v) is 2.84. The summed E-state index contributed by atoms with van der Waals surface area (Å²) in [5, 5.41) is 2.75. The molecule has 3 N–H and O–H groups in total. The smallest absolute Gasteiger partial charge is 0.413 e. The third-order valence-corrected chi connectivity index (χ3v) is 3.84. The van der Waals surface area contributed by atoms with Gasteiger partial charge in [-0.1, -0.05) is 25.4 Å². The van der Waals surface area contributed by atoms with E-state index in [1.807, 2.05) is 6.92 Å². The molecule has 0 spiro atoms. The third kappa shape index (κ3) is 6.33. The van der Waals surface area contributed by atoms with E-state index in [0.717, 1.165) is 6.42 Å². The molecule has 0 bridgehead atoms. The molecule has 1 unspecified atom stereocenters. The molecule has 1 amide bonds. The lowest BCUT2D eigenvalue weighted by Gasteiger charge is -2.26. The number of hydrogen-bond donors (Lipinski definition) is 2. The number of pyridine rings is 1. The summed E-state index contributed by atoms with van der Waals surface area (Å²) in [6, 6.07) is 3.36. The molecule has 0 aromatic carbocycles. The van der Waals surface area contributed by atoms with Crippen molar-refractivity contribution < 1.29 is 14.3 Å². The number of nitrogens with one attached hydrogen (secondary N) is 1. The molecule has 0 saturated heterocycles. The van der Waals surface area contributed by atoms with Crippen LogP contribution in [0.3, 0.4) is 0 Å². The van der Waals surface area contributed by atoms with Crippen molar-refractivity contribution in [3.63, 3.8) is 0 Å². The summed E-state index contributed by atoms with van der Waals surface area (Å²) >= 11 is 6.30. The van der Waals surface area contributed by atoms with Gasteiger partial charge in [-0.2, -0.15) is 0 Å². The summed E-state index contributed by atoms with van der Waals surface area (Å²) in [6.45, 7) is 6.45. The Morgan fingerprint density at radius 1 is 1.41 bits per heavy atom. The van der Waals surface area contributed by atoms with Crippen LogP contribution in [0.25, 0.3) is 11.3 Å². The van der Waals surface area contributed by atoms with Gasteiger partial charge in [0.25, 0.3) is 0 Å². The first-order valence-electron chi connectivity index (χ1n) is 8.46. The summed E-state index contributed by atoms with van der Waals surface area (Å²) in [5.41, 5.74) is 6.97. The Morgan fingerprint density at radius 3 is 2.78 bits per heavy atom. The van der Waals surface area contributed by atoms with Gasteiger partial charge >= 0.3 is 6.09 Å². The van der Waals surface area contributed by atoms with Gasteiger partial charge in [0.05, 0.1) is 12.8 Å². The van der Waals surface area contributed by atoms with Crippen molar-refractivity contribution in [1.82, 2.24) is 15.0 Å². The van der Waals surface area contributed by atoms with Gasteiger partial charge in [-0.25, -0.2) is 19.7 Å². The van der Waals surface area contributed by atoms with Crippen LogP contribution in [0.15, 0.2) is 24.5 Å². The Morgan fingerprint density at radius 2 is 2.15 bits per heavy atom. The number of anilines is 1. The molecule has 1 atom stereocenters. The standard InChI is InChI=1S/C18H24ClN5O3/c1-11(2)8-18(3,20)10-27-15-13(19)7-12(9-22-15)14-5-6-21-16(23-14)24-17(25)26-4/h5-7,9,11H,8,10,20H2,1-4H3,(H,21,23,24,25). The van der Waals surface area contributed by atoms with Crippen LogP contribution in [-0.4, -0.2) is 40.3 Å². The van der Waals surface area contributed by atoms with Crippen LogP contribution < -0.4 is 15.8 Å². The van der Waals surface area contributed by atoms with Crippen LogP contribution in [0, 0.1) is 5.92 Å². The number of amides is 1. The second kappa shape index (κ2) is 8.96. The molecule has 2 aromatic rings. The molecule has 2 rings (SSSR count). The normalized spacial score (nSPS) is 13.1. The van der Waals surface area contributed by atoms with Gasteiger partial charge in [0, 0.05) is 23.5 Å². The number of rotatable bonds is 7. The largest absolute Gasteiger partial charge is 0.475 e. The van der Waals surface area contributed by atoms with Crippen molar-refractivity contribution in [3.05, 3.63) is 29.5 Å². The number of nitrogens with two attached hydrogens (primary N) is 1. The number of halogens is 1. The number of methoxy groups -OCH3 is 1. The maximum Gasteiger partial charge on any atom is 0.413 e. The summed E-state index contributed by atoms with van der Waals surface area (Å²) in [4.78, 5) is 23.7. The van der Waals surface area contributed by atoms with Crippen molar-refractivity contribution in [3.8, 4) is 17.1 Å². The highest BCUT2D eigenvalue weighted by molar-refractivity contribution is 6.32. The first-order chi connectivity index (χ1) is 12.7. The number of aromatic nitrogens is 3. The summed E-state index contributed by atoms with van der Waals surface area (Å²) in [5.74, 6) is 0.881. The molecule has 0 saturated carbocycles. The van der Waals surface area contributed by atoms with E-state index in [1.54, 1.807) is 18.3 Å². The number of carbonyl (C=O) groups is 1. The molecule has 9 heteroatoms. The van der Waals surface area contributed by atoms with Gasteiger partial charge in [-0.05, 0) is 31.4 Å². The van der Waals surface area contributed by atoms with Crippen molar-refractivity contribution in [2.75, 3.05) is 19.0 Å². The van der Waals surface area contributed by atoms with E-state index in [4.69, 9.17) is 22.1 Å². The first kappa shape index (κ1) is 20.9. The highest BCUT2D eigenvalue weighted by atomic mass is 35.5. The fourth-order valence-electron chi connectivity index (χ4n) is 2.62. The maximum absolute atomic E-state index is 11.3. The number of ether oxygens (including phenoxy) is 2. The van der Waals surface area contributed by atoms with Crippen molar-refractivity contribution in [1.29, 1.82) is 0 Å². The highest BCUT2D eigenvalue weighted by Gasteiger charge is 2.22. The van der Waals surface area contributed by atoms with E-state index < -0.39 is 11.6 Å². The van der Waals surface area contributed by atoms with E-state index in [9.17, 15) is 4.79 Å². The van der Waals surface area contributed by atoms with Crippen LogP contribution >= 0.6 is 11.6 Å². The Balaban J connectivity index is 2.12. The lowest BCUT2D eigenvalue weighted by Crippen LogP contribution is -2.43. The van der Waals surface area contributed by atoms with Gasteiger partial charge in [0.15, 0.2) is 0 Å². The zero-order valence-electron chi connectivity index (χ0n) is 15.8. The average Bonchev–Trinajstić information content (AvgIpc) is 2.59. The Hall–Kier alpha value is -2.45. The zero-order chi connectivity index (χ0) is 20.0. The quantitative estimate of drug-likeness (QED) is 0.739. The lowest BCUT2D eigenvalue weighted by atomic mass is 9.93. The minimum Gasteiger partial charge on any atom is -0.475 e. The Labute approximate surface area is 163 Å². The second-order valence-electron chi connectivity index (χ2n) is 6.93. The minimum absolute atomic E-state index is 0.114. The van der Waals surface area contributed by atoms with Gasteiger partial charge in [0.2, 0.25) is 11.8 Å². The number of nitrogens with zero attached hydrogens (tertiary/aromatic N) is 3. The molecule has 0 radical (unpaired) electrons. The lowest BCUT2D eigenvalue weighted by molar-refractivity contribution is 0.186. The fraction of sp³-hybridized carbons (Fsp3) is 0.444. The molecular weight excluding hydrogens is 370 g/mol. The monoisotopic (exact) mass is 393 g/mol. The number of carbonyl (C=O) groups excluding carboxylic acids is 1. The van der Waals surface area contributed by atoms with Gasteiger partial charge < -0.3 is 15.2 Å². The van der Waals surface area contributed by atoms with Crippen LogP contribution in [0.1, 0.15) is 27.2 Å². The molecule has 0 aliphatic heterocycles. The molecule has 0 aliphatic rings. The summed E-state index contributed by atoms with van der Waals surface area (Å²) < 4.78 is 10.2. The summed E-state index contributed by atoms with van der Waals surface area (Å²) in [6.07, 6.45) is 3.26. The van der Waals surface area contributed by atoms with Gasteiger partial charge in [0.1, 0.15) is 11.6 Å². The molecule has 2 aromatic heterocycles. The highest BCUT2D eigenvalue weighted by Crippen LogP contribution is 2.28. The third-order valence-electron chi connectivity index (χ3n) is 3.57. The minimum atomic E-state index is -0.654. The number of hydrogen-bond acceptors (Lipinski definition) is 7. The van der Waals surface area contributed by atoms with Crippen LogP contribution in [0.2, 0.25) is 5.02 Å². The molecule has 0 aliphatic carbocycles. The molecular formula is C18H24ClN5O3. The molecule has 8 nitrogen and oxygen atoms in total. The van der Waals surface area contributed by atoms with Crippen molar-refractivity contribution in [2.24, 2.45) is 11.7 Å². The predicted octanol–water partition coefficient (Wildman–Crippen LogP) is 3.51. The van der Waals surface area contributed by atoms with Crippen molar-refractivity contribution >= 4 is 23.6 Å². The van der Waals surface area contributed by atoms with E-state index in [1.165, 1.54) is 13.3 Å². The predicted molar refractivity (Wildman–Crippen MR) is 104 cm³/mol. The van der Waals surface area contributed by atoms with Crippen LogP contribution in [0.5, 0.6) is 5.88 Å². The Bertz CT molecular complexity index is 798. The SMILES string of the molecule is COC(=O)Nc1nccc(-c2cnc(OCC(C)(N)CC(C)C)c(Cl)c2)n1. The molecule has 0 fully saturated rings. The van der Waals surface area contributed by atoms with E-state index in [0.29, 0.717) is 34.7 Å². The van der Waals surface area contributed by atoms with E-state index in [-0.39, 0.29) is 5.95 Å². The van der Waals surface area contributed by atoms with Gasteiger partial charge in [-0.15, -0.1) is 0 Å². The molecule has 146 valence electrons. The van der Waals surface area contributed by atoms with Crippen molar-refractivity contribution in [2.45, 2.75) is 32.7 Å². The topological polar surface area (TPSA) is 112 Å². The zero-order valence-corrected chi connectivity index (χ0v) is 16.6. The first-order valence-corrected chi connectivity index (χ1v) is 8.83. The molecule has 27 heavy (non-hydrogen) atoms. The maximum atomic E-state index is 11.3. The van der Waals surface area contributed by atoms with E-state index >= 15 is 0 Å². The second-order valence-corrected chi connectivity index (χ2v) is 7.34. The van der Waals surface area contributed by atoms with Gasteiger partial charge in [-0.3, -0.25) is 5.32 Å². The van der Waals surface area contributed by atoms with Crippen LogP contribution in [-0.2, 0) is 4.74 Å². The van der Waals surface area contributed by atoms with Crippen LogP contribution in [0.4, 0.5) is 10.7 Å². The average molecular weight is 394 g/mol. The molecule has 2 heterocycles. The van der Waals surface area contributed by atoms with E-state index in [2.05, 4.69) is 38.9 Å².